The van der Waals surface area contributed by atoms with Crippen molar-refractivity contribution in [1.29, 1.82) is 0 Å². The lowest BCUT2D eigenvalue weighted by atomic mass is 9.89. The minimum Gasteiger partial charge on any atom is -0.504 e. The smallest absolute Gasteiger partial charge is 0.165 e. The van der Waals surface area contributed by atoms with E-state index in [-0.39, 0.29) is 17.8 Å². The molecule has 5 heteroatoms. The predicted octanol–water partition coefficient (Wildman–Crippen LogP) is 4.59. The SMILES string of the molecule is COc1ccc2c(c1)OC[C@@H]1c3cc(O)c(OCc4ccccc4)cc3O[C@H]21. The van der Waals surface area contributed by atoms with Crippen LogP contribution in [0.15, 0.2) is 60.7 Å². The van der Waals surface area contributed by atoms with Crippen LogP contribution in [0.4, 0.5) is 0 Å². The lowest BCUT2D eigenvalue weighted by Crippen LogP contribution is -2.23. The first-order valence-electron chi connectivity index (χ1n) is 9.24. The van der Waals surface area contributed by atoms with Crippen molar-refractivity contribution in [3.63, 3.8) is 0 Å². The molecule has 28 heavy (non-hydrogen) atoms. The zero-order valence-electron chi connectivity index (χ0n) is 15.4. The summed E-state index contributed by atoms with van der Waals surface area (Å²) >= 11 is 0. The van der Waals surface area contributed by atoms with Gasteiger partial charge in [-0.3, -0.25) is 0 Å². The molecule has 2 aliphatic heterocycles. The number of hydrogen-bond acceptors (Lipinski definition) is 5. The van der Waals surface area contributed by atoms with Crippen LogP contribution in [0, 0.1) is 0 Å². The molecule has 0 aliphatic carbocycles. The third kappa shape index (κ3) is 2.80. The summed E-state index contributed by atoms with van der Waals surface area (Å²) in [6.45, 7) is 0.868. The second-order valence-corrected chi connectivity index (χ2v) is 6.99. The zero-order valence-corrected chi connectivity index (χ0v) is 15.4. The summed E-state index contributed by atoms with van der Waals surface area (Å²) in [6.07, 6.45) is -0.145. The summed E-state index contributed by atoms with van der Waals surface area (Å²) in [5, 5.41) is 10.5. The molecule has 0 bridgehead atoms. The molecular formula is C23H20O5. The predicted molar refractivity (Wildman–Crippen MR) is 103 cm³/mol. The highest BCUT2D eigenvalue weighted by Crippen LogP contribution is 2.53. The lowest BCUT2D eigenvalue weighted by Gasteiger charge is -2.28. The van der Waals surface area contributed by atoms with Crippen LogP contribution in [0.25, 0.3) is 0 Å². The summed E-state index contributed by atoms with van der Waals surface area (Å²) in [7, 11) is 1.63. The van der Waals surface area contributed by atoms with E-state index in [1.54, 1.807) is 19.2 Å². The van der Waals surface area contributed by atoms with E-state index in [0.717, 1.165) is 33.9 Å². The van der Waals surface area contributed by atoms with Crippen molar-refractivity contribution in [3.05, 3.63) is 77.4 Å². The minimum atomic E-state index is -0.145. The average molecular weight is 376 g/mol. The van der Waals surface area contributed by atoms with Gasteiger partial charge in [0.1, 0.15) is 30.0 Å². The number of ether oxygens (including phenoxy) is 4. The molecular weight excluding hydrogens is 356 g/mol. The monoisotopic (exact) mass is 376 g/mol. The molecule has 2 heterocycles. The van der Waals surface area contributed by atoms with Gasteiger partial charge in [0, 0.05) is 23.3 Å². The van der Waals surface area contributed by atoms with Gasteiger partial charge >= 0.3 is 0 Å². The Morgan fingerprint density at radius 2 is 1.86 bits per heavy atom. The van der Waals surface area contributed by atoms with Crippen molar-refractivity contribution in [2.45, 2.75) is 18.6 Å². The third-order valence-corrected chi connectivity index (χ3v) is 5.29. The van der Waals surface area contributed by atoms with E-state index >= 15 is 0 Å². The molecule has 5 nitrogen and oxygen atoms in total. The van der Waals surface area contributed by atoms with Gasteiger partial charge in [-0.05, 0) is 23.8 Å². The fraction of sp³-hybridized carbons (Fsp3) is 0.217. The van der Waals surface area contributed by atoms with E-state index in [1.807, 2.05) is 48.5 Å². The van der Waals surface area contributed by atoms with Crippen molar-refractivity contribution in [1.82, 2.24) is 0 Å². The lowest BCUT2D eigenvalue weighted by molar-refractivity contribution is 0.139. The van der Waals surface area contributed by atoms with Gasteiger partial charge in [0.05, 0.1) is 19.6 Å². The number of rotatable bonds is 4. The van der Waals surface area contributed by atoms with Crippen LogP contribution in [0.5, 0.6) is 28.7 Å². The van der Waals surface area contributed by atoms with Gasteiger partial charge in [0.15, 0.2) is 11.5 Å². The molecule has 0 spiro atoms. The van der Waals surface area contributed by atoms with Crippen molar-refractivity contribution in [3.8, 4) is 28.7 Å². The molecule has 2 atom stereocenters. The number of hydrogen-bond donors (Lipinski definition) is 1. The van der Waals surface area contributed by atoms with E-state index in [9.17, 15) is 5.11 Å². The maximum atomic E-state index is 10.5. The fourth-order valence-electron chi connectivity index (χ4n) is 3.83. The van der Waals surface area contributed by atoms with Gasteiger partial charge < -0.3 is 24.1 Å². The summed E-state index contributed by atoms with van der Waals surface area (Å²) in [5.41, 5.74) is 2.96. The Hall–Kier alpha value is -3.34. The van der Waals surface area contributed by atoms with Crippen LogP contribution in [-0.2, 0) is 6.61 Å². The van der Waals surface area contributed by atoms with Gasteiger partial charge in [0.2, 0.25) is 0 Å². The largest absolute Gasteiger partial charge is 0.504 e. The molecule has 0 unspecified atom stereocenters. The molecule has 3 aromatic carbocycles. The molecule has 142 valence electrons. The van der Waals surface area contributed by atoms with Gasteiger partial charge in [-0.1, -0.05) is 30.3 Å². The van der Waals surface area contributed by atoms with Crippen molar-refractivity contribution >= 4 is 0 Å². The van der Waals surface area contributed by atoms with E-state index in [1.165, 1.54) is 0 Å². The first kappa shape index (κ1) is 16.8. The molecule has 2 aliphatic rings. The maximum absolute atomic E-state index is 10.5. The zero-order chi connectivity index (χ0) is 19.1. The van der Waals surface area contributed by atoms with Crippen LogP contribution < -0.4 is 18.9 Å². The van der Waals surface area contributed by atoms with Gasteiger partial charge in [-0.25, -0.2) is 0 Å². The molecule has 0 saturated carbocycles. The van der Waals surface area contributed by atoms with Crippen molar-refractivity contribution in [2.24, 2.45) is 0 Å². The average Bonchev–Trinajstić information content (AvgIpc) is 3.10. The fourth-order valence-corrected chi connectivity index (χ4v) is 3.83. The first-order chi connectivity index (χ1) is 13.7. The Bertz CT molecular complexity index is 1020. The quantitative estimate of drug-likeness (QED) is 0.722. The summed E-state index contributed by atoms with van der Waals surface area (Å²) in [6, 6.07) is 19.1. The molecule has 0 amide bonds. The Labute approximate surface area is 163 Å². The van der Waals surface area contributed by atoms with E-state index in [2.05, 4.69) is 0 Å². The van der Waals surface area contributed by atoms with Crippen LogP contribution in [0.2, 0.25) is 0 Å². The molecule has 0 radical (unpaired) electrons. The molecule has 1 N–H and O–H groups in total. The molecule has 0 fully saturated rings. The number of benzene rings is 3. The van der Waals surface area contributed by atoms with Gasteiger partial charge in [-0.2, -0.15) is 0 Å². The number of methoxy groups -OCH3 is 1. The minimum absolute atomic E-state index is 0.0324. The van der Waals surface area contributed by atoms with Crippen molar-refractivity contribution < 1.29 is 24.1 Å². The highest BCUT2D eigenvalue weighted by Gasteiger charge is 2.41. The number of phenolic OH excluding ortho intramolecular Hbond substituents is 1. The molecule has 0 saturated heterocycles. The maximum Gasteiger partial charge on any atom is 0.165 e. The van der Waals surface area contributed by atoms with E-state index in [0.29, 0.717) is 19.0 Å². The number of phenols is 1. The summed E-state index contributed by atoms with van der Waals surface area (Å²) < 4.78 is 23.3. The molecule has 5 rings (SSSR count). The Balaban J connectivity index is 1.42. The van der Waals surface area contributed by atoms with Crippen LogP contribution >= 0.6 is 0 Å². The Morgan fingerprint density at radius 3 is 2.68 bits per heavy atom. The highest BCUT2D eigenvalue weighted by atomic mass is 16.5. The Kier molecular flexibility index (Phi) is 4.01. The first-order valence-corrected chi connectivity index (χ1v) is 9.24. The van der Waals surface area contributed by atoms with Gasteiger partial charge in [0.25, 0.3) is 0 Å². The van der Waals surface area contributed by atoms with Crippen LogP contribution in [0.1, 0.15) is 28.7 Å². The number of aromatic hydroxyl groups is 1. The Morgan fingerprint density at radius 1 is 1.00 bits per heavy atom. The number of fused-ring (bicyclic) bond motifs is 5. The third-order valence-electron chi connectivity index (χ3n) is 5.29. The molecule has 3 aromatic rings. The van der Waals surface area contributed by atoms with Gasteiger partial charge in [-0.15, -0.1) is 0 Å². The second-order valence-electron chi connectivity index (χ2n) is 6.99. The second kappa shape index (κ2) is 6.68. The standard InChI is InChI=1S/C23H20O5/c1-25-15-7-8-16-20(9-15)27-13-18-17-10-19(24)22(11-21(17)28-23(16)18)26-12-14-5-3-2-4-6-14/h2-11,18,23-24H,12-13H2,1H3/t18-,23-/m1/s1. The van der Waals surface area contributed by atoms with Crippen LogP contribution in [0.3, 0.4) is 0 Å². The highest BCUT2D eigenvalue weighted by molar-refractivity contribution is 5.56. The summed E-state index contributed by atoms with van der Waals surface area (Å²) in [4.78, 5) is 0. The van der Waals surface area contributed by atoms with Crippen LogP contribution in [-0.4, -0.2) is 18.8 Å². The normalized spacial score (nSPS) is 18.9. The van der Waals surface area contributed by atoms with Crippen molar-refractivity contribution in [2.75, 3.05) is 13.7 Å². The molecule has 0 aromatic heterocycles. The van der Waals surface area contributed by atoms with E-state index in [4.69, 9.17) is 18.9 Å². The topological polar surface area (TPSA) is 57.2 Å². The summed E-state index contributed by atoms with van der Waals surface area (Å²) in [5.74, 6) is 2.81. The van der Waals surface area contributed by atoms with E-state index < -0.39 is 0 Å².